The van der Waals surface area contributed by atoms with Gasteiger partial charge in [0, 0.05) is 23.1 Å². The number of amides is 1. The molecule has 138 valence electrons. The van der Waals surface area contributed by atoms with Crippen molar-refractivity contribution < 1.29 is 14.3 Å². The predicted molar refractivity (Wildman–Crippen MR) is 98.5 cm³/mol. The number of oxazole rings is 1. The molecule has 26 heavy (non-hydrogen) atoms. The van der Waals surface area contributed by atoms with E-state index in [9.17, 15) is 9.90 Å². The van der Waals surface area contributed by atoms with Gasteiger partial charge >= 0.3 is 0 Å². The smallest absolute Gasteiger partial charge is 0.229 e. The lowest BCUT2D eigenvalue weighted by atomic mass is 9.72. The second-order valence-corrected chi connectivity index (χ2v) is 7.69. The number of aliphatic hydroxyl groups excluding tert-OH is 1. The van der Waals surface area contributed by atoms with E-state index in [1.54, 1.807) is 0 Å². The van der Waals surface area contributed by atoms with Crippen LogP contribution in [0.1, 0.15) is 44.1 Å². The summed E-state index contributed by atoms with van der Waals surface area (Å²) in [4.78, 5) is 19.7. The van der Waals surface area contributed by atoms with Crippen LogP contribution in [-0.2, 0) is 11.2 Å². The molecule has 5 nitrogen and oxygen atoms in total. The van der Waals surface area contributed by atoms with Crippen molar-refractivity contribution in [2.45, 2.75) is 58.0 Å². The number of benzene rings is 1. The van der Waals surface area contributed by atoms with Crippen molar-refractivity contribution in [1.82, 2.24) is 9.88 Å². The molecule has 1 N–H and O–H groups in total. The molecule has 4 rings (SSSR count). The Morgan fingerprint density at radius 1 is 1.35 bits per heavy atom. The highest BCUT2D eigenvalue weighted by molar-refractivity contribution is 5.80. The van der Waals surface area contributed by atoms with E-state index < -0.39 is 0 Å². The zero-order valence-electron chi connectivity index (χ0n) is 15.4. The number of aryl methyl sites for hydroxylation is 1. The topological polar surface area (TPSA) is 66.6 Å². The van der Waals surface area contributed by atoms with E-state index in [0.29, 0.717) is 17.3 Å². The van der Waals surface area contributed by atoms with E-state index >= 15 is 0 Å². The summed E-state index contributed by atoms with van der Waals surface area (Å²) in [6, 6.07) is 10.2. The van der Waals surface area contributed by atoms with Crippen LogP contribution in [0.4, 0.5) is 0 Å². The molecule has 3 heterocycles. The third kappa shape index (κ3) is 2.65. The van der Waals surface area contributed by atoms with Crippen LogP contribution in [0.5, 0.6) is 0 Å². The van der Waals surface area contributed by atoms with Crippen molar-refractivity contribution in [2.24, 2.45) is 5.41 Å². The monoisotopic (exact) mass is 354 g/mol. The van der Waals surface area contributed by atoms with Gasteiger partial charge in [-0.05, 0) is 44.7 Å². The molecule has 0 radical (unpaired) electrons. The van der Waals surface area contributed by atoms with E-state index in [0.717, 1.165) is 31.2 Å². The Morgan fingerprint density at radius 2 is 2.12 bits per heavy atom. The third-order valence-corrected chi connectivity index (χ3v) is 6.39. The number of carbonyl (C=O) groups is 1. The SMILES string of the molecule is CC[C@@]1(CO)C[C@@H]2CC[C@H]1N2C(=O)Cc1nc(-c2ccccc2)oc1C. The van der Waals surface area contributed by atoms with Crippen molar-refractivity contribution in [1.29, 1.82) is 0 Å². The molecule has 0 saturated carbocycles. The van der Waals surface area contributed by atoms with Crippen LogP contribution in [0.3, 0.4) is 0 Å². The fourth-order valence-corrected chi connectivity index (χ4v) is 4.86. The molecule has 2 aromatic rings. The molecule has 0 unspecified atom stereocenters. The average molecular weight is 354 g/mol. The first-order valence-electron chi connectivity index (χ1n) is 9.51. The van der Waals surface area contributed by atoms with Crippen molar-refractivity contribution in [3.63, 3.8) is 0 Å². The van der Waals surface area contributed by atoms with E-state index in [4.69, 9.17) is 4.42 Å². The fourth-order valence-electron chi connectivity index (χ4n) is 4.86. The summed E-state index contributed by atoms with van der Waals surface area (Å²) < 4.78 is 5.79. The maximum Gasteiger partial charge on any atom is 0.229 e. The fraction of sp³-hybridized carbons (Fsp3) is 0.524. The van der Waals surface area contributed by atoms with Gasteiger partial charge in [0.25, 0.3) is 0 Å². The summed E-state index contributed by atoms with van der Waals surface area (Å²) in [5.74, 6) is 1.37. The Morgan fingerprint density at radius 3 is 2.77 bits per heavy atom. The highest BCUT2D eigenvalue weighted by Crippen LogP contribution is 2.51. The number of nitrogens with zero attached hydrogens (tertiary/aromatic N) is 2. The molecule has 0 spiro atoms. The van der Waals surface area contributed by atoms with E-state index in [2.05, 4.69) is 11.9 Å². The normalized spacial score (nSPS) is 27.3. The van der Waals surface area contributed by atoms with Crippen molar-refractivity contribution in [3.05, 3.63) is 41.8 Å². The number of hydrogen-bond donors (Lipinski definition) is 1. The molecular formula is C21H26N2O3. The average Bonchev–Trinajstić information content (AvgIpc) is 3.34. The minimum Gasteiger partial charge on any atom is -0.441 e. The van der Waals surface area contributed by atoms with Gasteiger partial charge in [-0.3, -0.25) is 4.79 Å². The molecule has 3 atom stereocenters. The summed E-state index contributed by atoms with van der Waals surface area (Å²) in [7, 11) is 0. The van der Waals surface area contributed by atoms with Crippen LogP contribution in [0.2, 0.25) is 0 Å². The molecule has 1 aromatic heterocycles. The lowest BCUT2D eigenvalue weighted by Crippen LogP contribution is -2.42. The molecule has 1 aromatic carbocycles. The predicted octanol–water partition coefficient (Wildman–Crippen LogP) is 3.34. The van der Waals surface area contributed by atoms with Gasteiger partial charge in [0.15, 0.2) is 0 Å². The summed E-state index contributed by atoms with van der Waals surface area (Å²) in [6.07, 6.45) is 4.14. The van der Waals surface area contributed by atoms with Gasteiger partial charge in [-0.1, -0.05) is 25.1 Å². The first-order valence-corrected chi connectivity index (χ1v) is 9.51. The Kier molecular flexibility index (Phi) is 4.35. The standard InChI is InChI=1S/C21H26N2O3/c1-3-21(13-24)12-16-9-10-18(21)23(16)19(25)11-17-14(2)26-20(22-17)15-7-5-4-6-8-15/h4-8,16,18,24H,3,9-13H2,1-2H3/t16-,18+,21-/m0/s1. The Hall–Kier alpha value is -2.14. The maximum absolute atomic E-state index is 13.1. The lowest BCUT2D eigenvalue weighted by molar-refractivity contribution is -0.132. The van der Waals surface area contributed by atoms with Crippen molar-refractivity contribution >= 4 is 5.91 Å². The second kappa shape index (κ2) is 6.54. The quantitative estimate of drug-likeness (QED) is 0.894. The Labute approximate surface area is 154 Å². The van der Waals surface area contributed by atoms with Crippen molar-refractivity contribution in [3.8, 4) is 11.5 Å². The minimum atomic E-state index is -0.118. The number of aromatic nitrogens is 1. The molecule has 0 aliphatic carbocycles. The molecule has 5 heteroatoms. The number of hydrogen-bond acceptors (Lipinski definition) is 4. The first-order chi connectivity index (χ1) is 12.6. The van der Waals surface area contributed by atoms with Gasteiger partial charge in [-0.25, -0.2) is 4.98 Å². The zero-order chi connectivity index (χ0) is 18.3. The van der Waals surface area contributed by atoms with E-state index in [1.165, 1.54) is 0 Å². The number of rotatable bonds is 5. The van der Waals surface area contributed by atoms with Crippen LogP contribution in [0, 0.1) is 12.3 Å². The number of carbonyl (C=O) groups excluding carboxylic acids is 1. The van der Waals surface area contributed by atoms with Gasteiger partial charge in [-0.2, -0.15) is 0 Å². The molecule has 2 fully saturated rings. The largest absolute Gasteiger partial charge is 0.441 e. The highest BCUT2D eigenvalue weighted by Gasteiger charge is 2.56. The lowest BCUT2D eigenvalue weighted by Gasteiger charge is -2.34. The first kappa shape index (κ1) is 17.3. The van der Waals surface area contributed by atoms with Gasteiger partial charge < -0.3 is 14.4 Å². The molecule has 2 saturated heterocycles. The molecule has 2 bridgehead atoms. The summed E-state index contributed by atoms with van der Waals surface area (Å²) in [5.41, 5.74) is 1.51. The number of aliphatic hydroxyl groups is 1. The van der Waals surface area contributed by atoms with E-state index in [1.807, 2.05) is 42.2 Å². The highest BCUT2D eigenvalue weighted by atomic mass is 16.4. The Balaban J connectivity index is 1.54. The number of fused-ring (bicyclic) bond motifs is 2. The van der Waals surface area contributed by atoms with Crippen LogP contribution in [0.15, 0.2) is 34.7 Å². The molecule has 2 aliphatic heterocycles. The van der Waals surface area contributed by atoms with Gasteiger partial charge in [0.1, 0.15) is 5.76 Å². The Bertz CT molecular complexity index is 795. The van der Waals surface area contributed by atoms with Gasteiger partial charge in [-0.15, -0.1) is 0 Å². The van der Waals surface area contributed by atoms with Crippen LogP contribution in [-0.4, -0.2) is 39.6 Å². The maximum atomic E-state index is 13.1. The molecule has 1 amide bonds. The summed E-state index contributed by atoms with van der Waals surface area (Å²) in [5, 5.41) is 9.94. The van der Waals surface area contributed by atoms with Gasteiger partial charge in [0.2, 0.25) is 11.8 Å². The van der Waals surface area contributed by atoms with Crippen molar-refractivity contribution in [2.75, 3.05) is 6.61 Å². The third-order valence-electron chi connectivity index (χ3n) is 6.39. The molecule has 2 aliphatic rings. The van der Waals surface area contributed by atoms with Crippen LogP contribution in [0.25, 0.3) is 11.5 Å². The minimum absolute atomic E-state index is 0.109. The van der Waals surface area contributed by atoms with Crippen LogP contribution < -0.4 is 0 Å². The van der Waals surface area contributed by atoms with Crippen LogP contribution >= 0.6 is 0 Å². The summed E-state index contributed by atoms with van der Waals surface area (Å²) in [6.45, 7) is 4.15. The zero-order valence-corrected chi connectivity index (χ0v) is 15.4. The second-order valence-electron chi connectivity index (χ2n) is 7.69. The molecular weight excluding hydrogens is 328 g/mol. The van der Waals surface area contributed by atoms with E-state index in [-0.39, 0.29) is 36.4 Å². The van der Waals surface area contributed by atoms with Gasteiger partial charge in [0.05, 0.1) is 18.7 Å². The summed E-state index contributed by atoms with van der Waals surface area (Å²) >= 11 is 0.